The van der Waals surface area contributed by atoms with E-state index in [2.05, 4.69) is 20.6 Å². The van der Waals surface area contributed by atoms with E-state index in [0.29, 0.717) is 24.0 Å². The molecule has 15 nitrogen and oxygen atoms in total. The third-order valence-electron chi connectivity index (χ3n) is 13.2. The van der Waals surface area contributed by atoms with Crippen molar-refractivity contribution in [3.8, 4) is 22.3 Å². The molecule has 6 rings (SSSR count). The number of nitrogens with zero attached hydrogens (tertiary/aromatic N) is 4. The van der Waals surface area contributed by atoms with E-state index in [-0.39, 0.29) is 73.5 Å². The molecule has 0 radical (unpaired) electrons. The molecule has 4 N–H and O–H groups in total. The maximum absolute atomic E-state index is 13.7. The fraction of sp³-hybridized carbons (Fsp3) is 0.379. The van der Waals surface area contributed by atoms with Gasteiger partial charge in [0, 0.05) is 60.4 Å². The Morgan fingerprint density at radius 2 is 0.973 bits per heavy atom. The molecule has 2 unspecified atom stereocenters. The van der Waals surface area contributed by atoms with Gasteiger partial charge in [0.25, 0.3) is 11.1 Å². The van der Waals surface area contributed by atoms with Gasteiger partial charge >= 0.3 is 30.8 Å². The minimum atomic E-state index is -1.04. The Hall–Kier alpha value is -6.92. The SMILES string of the molecule is C.CC[C@@H](C)C(C(=O)N[C@@H](CC(=O)O)c1cncc(-c2c(C)cccc2C)c1)n1ccc(C)cc1=O.CC[C@@H](C)C(C(=O)N[C@@H](CC(=O)OC)c1cncc(-c2c(C)cccc2C)c1)n1ccc(C)cc1=O.[Li+].[OH-]. The van der Waals surface area contributed by atoms with Crippen molar-refractivity contribution < 1.29 is 53.4 Å². The second-order valence-electron chi connectivity index (χ2n) is 18.6. The summed E-state index contributed by atoms with van der Waals surface area (Å²) in [5.41, 5.74) is 10.7. The van der Waals surface area contributed by atoms with E-state index in [4.69, 9.17) is 4.74 Å². The first-order chi connectivity index (χ1) is 33.8. The number of ether oxygens (including phenoxy) is 1. The number of hydrogen-bond acceptors (Lipinski definition) is 10. The van der Waals surface area contributed by atoms with Gasteiger partial charge in [-0.25, -0.2) is 0 Å². The Labute approximate surface area is 447 Å². The van der Waals surface area contributed by atoms with Gasteiger partial charge in [0.1, 0.15) is 12.1 Å². The summed E-state index contributed by atoms with van der Waals surface area (Å²) >= 11 is 0. The molecule has 2 amide bonds. The number of nitrogens with one attached hydrogen (secondary N) is 2. The molecule has 0 aliphatic rings. The number of carbonyl (C=O) groups is 4. The molecule has 4 aromatic heterocycles. The zero-order valence-corrected chi connectivity index (χ0v) is 44.2. The normalized spacial score (nSPS) is 13.0. The number of amides is 2. The summed E-state index contributed by atoms with van der Waals surface area (Å²) in [6.45, 7) is 19.6. The number of methoxy groups -OCH3 is 1. The van der Waals surface area contributed by atoms with Crippen molar-refractivity contribution in [2.75, 3.05) is 7.11 Å². The molecule has 0 fully saturated rings. The number of hydrogen-bond donors (Lipinski definition) is 3. The quantitative estimate of drug-likeness (QED) is 0.0584. The molecule has 390 valence electrons. The van der Waals surface area contributed by atoms with Crippen LogP contribution in [0.1, 0.15) is 129 Å². The molecule has 0 aliphatic heterocycles. The molecule has 0 spiro atoms. The van der Waals surface area contributed by atoms with Crippen molar-refractivity contribution in [2.24, 2.45) is 11.8 Å². The Kier molecular flexibility index (Phi) is 24.8. The average molecular weight is 1010 g/mol. The molecule has 6 aromatic rings. The van der Waals surface area contributed by atoms with Gasteiger partial charge in [-0.05, 0) is 133 Å². The van der Waals surface area contributed by atoms with E-state index in [1.807, 2.05) is 124 Å². The first kappa shape index (κ1) is 63.2. The molecule has 0 bridgehead atoms. The maximum Gasteiger partial charge on any atom is 1.00 e. The van der Waals surface area contributed by atoms with E-state index in [1.54, 1.807) is 43.2 Å². The minimum absolute atomic E-state index is 0. The second kappa shape index (κ2) is 29.1. The van der Waals surface area contributed by atoms with Crippen molar-refractivity contribution >= 4 is 23.8 Å². The average Bonchev–Trinajstić information content (AvgIpc) is 3.32. The van der Waals surface area contributed by atoms with Gasteiger partial charge in [-0.15, -0.1) is 0 Å². The minimum Gasteiger partial charge on any atom is -0.870 e. The largest absolute Gasteiger partial charge is 1.00 e. The van der Waals surface area contributed by atoms with Gasteiger partial charge in [0.15, 0.2) is 0 Å². The summed E-state index contributed by atoms with van der Waals surface area (Å²) in [6, 6.07) is 19.6. The van der Waals surface area contributed by atoms with Gasteiger partial charge in [-0.1, -0.05) is 84.4 Å². The standard InChI is InChI=1S/C29H35N3O4.C28H33N3O4.CH4.Li.H2O/c1-7-19(3)28(32-12-11-18(2)13-25(32)33)29(35)31-24(15-26(34)36-6)22-14-23(17-30-16-22)27-20(4)9-8-10-21(27)5;1-6-18(3)27(31-11-10-17(2)12-24(31)32)28(35)30-23(14-25(33)34)21-13-22(16-29-15-21)26-19(4)8-7-9-20(26)5;;;/h8-14,16-17,19,24,28H,7,15H2,1-6H3,(H,31,35);7-13,15-16,18,23,27H,6,14H2,1-5H3,(H,30,35)(H,33,34);1H4;;1H2/q;;;+1;/p-1/t19-,24+,28?;18-,23+,27?;;;/m11.../s1. The molecule has 2 aromatic carbocycles. The third-order valence-corrected chi connectivity index (χ3v) is 13.2. The molecular weight excluding hydrogens is 932 g/mol. The van der Waals surface area contributed by atoms with Crippen LogP contribution in [0.15, 0.2) is 120 Å². The van der Waals surface area contributed by atoms with Crippen LogP contribution >= 0.6 is 0 Å². The summed E-state index contributed by atoms with van der Waals surface area (Å²) in [4.78, 5) is 85.4. The third kappa shape index (κ3) is 16.0. The molecule has 0 saturated heterocycles. The Bertz CT molecular complexity index is 2950. The molecular formula is C58H73LiN6O9. The van der Waals surface area contributed by atoms with Crippen LogP contribution in [-0.2, 0) is 23.9 Å². The number of carbonyl (C=O) groups excluding carboxylic acids is 3. The molecule has 0 aliphatic carbocycles. The van der Waals surface area contributed by atoms with E-state index in [0.717, 1.165) is 55.6 Å². The molecule has 6 atom stereocenters. The first-order valence-electron chi connectivity index (χ1n) is 24.1. The predicted octanol–water partition coefficient (Wildman–Crippen LogP) is 7.06. The maximum atomic E-state index is 13.7. The summed E-state index contributed by atoms with van der Waals surface area (Å²) < 4.78 is 7.82. The van der Waals surface area contributed by atoms with Crippen LogP contribution in [0.5, 0.6) is 0 Å². The number of benzene rings is 2. The number of rotatable bonds is 18. The van der Waals surface area contributed by atoms with Crippen molar-refractivity contribution in [1.29, 1.82) is 0 Å². The number of aliphatic carboxylic acids is 1. The van der Waals surface area contributed by atoms with Crippen molar-refractivity contribution in [2.45, 2.75) is 127 Å². The van der Waals surface area contributed by atoms with Crippen LogP contribution in [-0.4, -0.2) is 60.5 Å². The van der Waals surface area contributed by atoms with Crippen LogP contribution in [0.2, 0.25) is 0 Å². The monoisotopic (exact) mass is 1000 g/mol. The van der Waals surface area contributed by atoms with Gasteiger partial charge in [-0.2, -0.15) is 0 Å². The summed E-state index contributed by atoms with van der Waals surface area (Å²) in [5.74, 6) is -2.47. The van der Waals surface area contributed by atoms with E-state index in [9.17, 15) is 33.9 Å². The van der Waals surface area contributed by atoms with Crippen molar-refractivity contribution in [3.63, 3.8) is 0 Å². The first-order valence-corrected chi connectivity index (χ1v) is 24.1. The number of carboxylic acids is 1. The molecule has 16 heteroatoms. The van der Waals surface area contributed by atoms with Crippen LogP contribution in [0.4, 0.5) is 0 Å². The van der Waals surface area contributed by atoms with E-state index >= 15 is 0 Å². The molecule has 4 heterocycles. The van der Waals surface area contributed by atoms with Gasteiger partial charge < -0.3 is 35.1 Å². The van der Waals surface area contributed by atoms with Gasteiger partial charge in [0.2, 0.25) is 11.8 Å². The zero-order valence-electron chi connectivity index (χ0n) is 44.2. The van der Waals surface area contributed by atoms with Crippen molar-refractivity contribution in [3.05, 3.63) is 175 Å². The van der Waals surface area contributed by atoms with Crippen LogP contribution in [0.25, 0.3) is 22.3 Å². The van der Waals surface area contributed by atoms with Gasteiger partial charge in [-0.3, -0.25) is 38.7 Å². The number of aryl methyl sites for hydroxylation is 6. The van der Waals surface area contributed by atoms with E-state index in [1.165, 1.54) is 28.4 Å². The Balaban J connectivity index is 0.000000487. The fourth-order valence-corrected chi connectivity index (χ4v) is 8.95. The van der Waals surface area contributed by atoms with Crippen molar-refractivity contribution in [1.82, 2.24) is 29.7 Å². The number of carboxylic acid groups (broad SMARTS) is 1. The smallest absolute Gasteiger partial charge is 0.870 e. The van der Waals surface area contributed by atoms with Crippen LogP contribution in [0.3, 0.4) is 0 Å². The summed E-state index contributed by atoms with van der Waals surface area (Å²) in [5, 5.41) is 15.5. The second-order valence-corrected chi connectivity index (χ2v) is 18.6. The van der Waals surface area contributed by atoms with Gasteiger partial charge in [0.05, 0.1) is 32.0 Å². The molecule has 74 heavy (non-hydrogen) atoms. The fourth-order valence-electron chi connectivity index (χ4n) is 8.95. The summed E-state index contributed by atoms with van der Waals surface area (Å²) in [7, 11) is 1.32. The van der Waals surface area contributed by atoms with Crippen LogP contribution in [0, 0.1) is 53.4 Å². The number of esters is 1. The topological polar surface area (TPSA) is 222 Å². The predicted molar refractivity (Wildman–Crippen MR) is 285 cm³/mol. The summed E-state index contributed by atoms with van der Waals surface area (Å²) in [6.07, 6.45) is 11.1. The van der Waals surface area contributed by atoms with Crippen LogP contribution < -0.4 is 40.6 Å². The Morgan fingerprint density at radius 1 is 0.608 bits per heavy atom. The number of aromatic nitrogens is 4. The zero-order chi connectivity index (χ0) is 52.1. The molecule has 0 saturated carbocycles. The van der Waals surface area contributed by atoms with E-state index < -0.39 is 42.0 Å². The Morgan fingerprint density at radius 3 is 1.30 bits per heavy atom. The number of pyridine rings is 4.